The predicted octanol–water partition coefficient (Wildman–Crippen LogP) is 2.68. The second kappa shape index (κ2) is 5.52. The average molecular weight is 331 g/mol. The quantitative estimate of drug-likeness (QED) is 0.677. The smallest absolute Gasteiger partial charge is 0.266 e. The maximum absolute atomic E-state index is 12.7. The van der Waals surface area contributed by atoms with Gasteiger partial charge in [0.15, 0.2) is 0 Å². The molecule has 2 heterocycles. The highest BCUT2D eigenvalue weighted by atomic mass is 16.2. The van der Waals surface area contributed by atoms with E-state index in [9.17, 15) is 14.4 Å². The maximum atomic E-state index is 12.7. The van der Waals surface area contributed by atoms with Crippen LogP contribution in [0.15, 0.2) is 61.2 Å². The number of aryl methyl sites for hydroxylation is 1. The van der Waals surface area contributed by atoms with Gasteiger partial charge in [0, 0.05) is 18.0 Å². The molecule has 1 aliphatic heterocycles. The zero-order valence-electron chi connectivity index (χ0n) is 13.3. The number of fused-ring (bicyclic) bond motifs is 1. The SMILES string of the molecule is Cc1ccc(N2C(=O)c3ccc(C(=O)n4ccnc4)cc3C2=O)cc1. The molecule has 0 saturated carbocycles. The number of hydrogen-bond donors (Lipinski definition) is 0. The third kappa shape index (κ3) is 2.35. The second-order valence-corrected chi connectivity index (χ2v) is 5.82. The lowest BCUT2D eigenvalue weighted by Crippen LogP contribution is -2.29. The van der Waals surface area contributed by atoms with Crippen molar-refractivity contribution in [3.05, 3.63) is 83.4 Å². The molecule has 122 valence electrons. The molecule has 0 N–H and O–H groups in total. The lowest BCUT2D eigenvalue weighted by molar-refractivity contribution is 0.0924. The summed E-state index contributed by atoms with van der Waals surface area (Å²) < 4.78 is 1.32. The molecular weight excluding hydrogens is 318 g/mol. The van der Waals surface area contributed by atoms with Gasteiger partial charge >= 0.3 is 0 Å². The molecule has 0 spiro atoms. The fraction of sp³-hybridized carbons (Fsp3) is 0.0526. The largest absolute Gasteiger partial charge is 0.272 e. The van der Waals surface area contributed by atoms with E-state index in [1.54, 1.807) is 18.2 Å². The number of aromatic nitrogens is 2. The Morgan fingerprint density at radius 3 is 2.36 bits per heavy atom. The zero-order chi connectivity index (χ0) is 17.6. The number of benzene rings is 2. The summed E-state index contributed by atoms with van der Waals surface area (Å²) in [5, 5.41) is 0. The van der Waals surface area contributed by atoms with Crippen LogP contribution in [0.2, 0.25) is 0 Å². The van der Waals surface area contributed by atoms with E-state index in [4.69, 9.17) is 0 Å². The highest BCUT2D eigenvalue weighted by Crippen LogP contribution is 2.29. The van der Waals surface area contributed by atoms with Crippen LogP contribution in [0.25, 0.3) is 0 Å². The second-order valence-electron chi connectivity index (χ2n) is 5.82. The molecule has 0 fully saturated rings. The van der Waals surface area contributed by atoms with Gasteiger partial charge in [-0.15, -0.1) is 0 Å². The first-order valence-electron chi connectivity index (χ1n) is 7.68. The Hall–Kier alpha value is -3.54. The van der Waals surface area contributed by atoms with E-state index >= 15 is 0 Å². The Morgan fingerprint density at radius 2 is 1.68 bits per heavy atom. The minimum atomic E-state index is -0.427. The molecule has 0 saturated heterocycles. The Bertz CT molecular complexity index is 1000. The number of anilines is 1. The topological polar surface area (TPSA) is 72.3 Å². The molecule has 3 aromatic rings. The van der Waals surface area contributed by atoms with E-state index in [0.29, 0.717) is 16.8 Å². The van der Waals surface area contributed by atoms with Crippen molar-refractivity contribution in [2.75, 3.05) is 4.90 Å². The summed E-state index contributed by atoms with van der Waals surface area (Å²) in [6, 6.07) is 11.7. The van der Waals surface area contributed by atoms with Gasteiger partial charge in [0.05, 0.1) is 16.8 Å². The van der Waals surface area contributed by atoms with Crippen molar-refractivity contribution < 1.29 is 14.4 Å². The van der Waals surface area contributed by atoms with E-state index in [2.05, 4.69) is 4.98 Å². The van der Waals surface area contributed by atoms with Gasteiger partial charge in [0.2, 0.25) is 0 Å². The monoisotopic (exact) mass is 331 g/mol. The standard InChI is InChI=1S/C19H13N3O3/c1-12-2-5-14(6-3-12)22-18(24)15-7-4-13(10-16(15)19(22)25)17(23)21-9-8-20-11-21/h2-11H,1H3. The van der Waals surface area contributed by atoms with E-state index in [1.165, 1.54) is 35.4 Å². The van der Waals surface area contributed by atoms with Crippen LogP contribution in [0.5, 0.6) is 0 Å². The fourth-order valence-corrected chi connectivity index (χ4v) is 2.83. The Morgan fingerprint density at radius 1 is 0.960 bits per heavy atom. The van der Waals surface area contributed by atoms with Crippen molar-refractivity contribution in [1.29, 1.82) is 0 Å². The van der Waals surface area contributed by atoms with E-state index in [-0.39, 0.29) is 17.4 Å². The molecule has 1 aliphatic rings. The van der Waals surface area contributed by atoms with Gasteiger partial charge in [-0.3, -0.25) is 19.0 Å². The van der Waals surface area contributed by atoms with Gasteiger partial charge in [0.25, 0.3) is 17.7 Å². The molecule has 2 aromatic carbocycles. The van der Waals surface area contributed by atoms with Gasteiger partial charge in [0.1, 0.15) is 6.33 Å². The Balaban J connectivity index is 1.74. The van der Waals surface area contributed by atoms with Crippen molar-refractivity contribution >= 4 is 23.4 Å². The number of rotatable bonds is 2. The van der Waals surface area contributed by atoms with E-state index in [1.807, 2.05) is 19.1 Å². The molecular formula is C19H13N3O3. The van der Waals surface area contributed by atoms with Crippen LogP contribution in [0, 0.1) is 6.92 Å². The molecule has 0 atom stereocenters. The van der Waals surface area contributed by atoms with E-state index in [0.717, 1.165) is 10.5 Å². The third-order valence-electron chi connectivity index (χ3n) is 4.16. The van der Waals surface area contributed by atoms with Crippen LogP contribution in [0.3, 0.4) is 0 Å². The number of hydrogen-bond acceptors (Lipinski definition) is 4. The molecule has 25 heavy (non-hydrogen) atoms. The van der Waals surface area contributed by atoms with E-state index < -0.39 is 5.91 Å². The van der Waals surface area contributed by atoms with Gasteiger partial charge in [-0.2, -0.15) is 0 Å². The highest BCUT2D eigenvalue weighted by Gasteiger charge is 2.37. The molecule has 0 radical (unpaired) electrons. The summed E-state index contributed by atoms with van der Waals surface area (Å²) in [6.07, 6.45) is 4.42. The summed E-state index contributed by atoms with van der Waals surface area (Å²) in [4.78, 5) is 42.7. The molecule has 2 amide bonds. The normalized spacial score (nSPS) is 13.2. The summed E-state index contributed by atoms with van der Waals surface area (Å²) in [6.45, 7) is 1.93. The van der Waals surface area contributed by atoms with Crippen molar-refractivity contribution in [2.24, 2.45) is 0 Å². The van der Waals surface area contributed by atoms with Gasteiger partial charge in [-0.25, -0.2) is 9.88 Å². The number of carbonyl (C=O) groups is 3. The number of carbonyl (C=O) groups excluding carboxylic acids is 3. The predicted molar refractivity (Wildman–Crippen MR) is 90.7 cm³/mol. The minimum absolute atomic E-state index is 0.233. The first kappa shape index (κ1) is 15.0. The first-order chi connectivity index (χ1) is 12.1. The van der Waals surface area contributed by atoms with Crippen LogP contribution in [-0.4, -0.2) is 27.3 Å². The summed E-state index contributed by atoms with van der Waals surface area (Å²) >= 11 is 0. The first-order valence-corrected chi connectivity index (χ1v) is 7.68. The van der Waals surface area contributed by atoms with Gasteiger partial charge in [-0.05, 0) is 37.3 Å². The van der Waals surface area contributed by atoms with Crippen LogP contribution in [0.1, 0.15) is 36.6 Å². The fourth-order valence-electron chi connectivity index (χ4n) is 2.83. The maximum Gasteiger partial charge on any atom is 0.266 e. The molecule has 0 bridgehead atoms. The number of imidazole rings is 1. The number of amides is 2. The lowest BCUT2D eigenvalue weighted by Gasteiger charge is -2.13. The summed E-state index contributed by atoms with van der Waals surface area (Å²) in [5.41, 5.74) is 2.40. The van der Waals surface area contributed by atoms with Gasteiger partial charge < -0.3 is 0 Å². The molecule has 4 rings (SSSR count). The molecule has 1 aromatic heterocycles. The van der Waals surface area contributed by atoms with Crippen molar-refractivity contribution in [2.45, 2.75) is 6.92 Å². The van der Waals surface area contributed by atoms with Crippen molar-refractivity contribution in [3.63, 3.8) is 0 Å². The average Bonchev–Trinajstić information content (AvgIpc) is 3.24. The number of imide groups is 1. The Kier molecular flexibility index (Phi) is 3.32. The van der Waals surface area contributed by atoms with Gasteiger partial charge in [-0.1, -0.05) is 17.7 Å². The number of nitrogens with zero attached hydrogens (tertiary/aromatic N) is 3. The van der Waals surface area contributed by atoms with Crippen LogP contribution in [0.4, 0.5) is 5.69 Å². The van der Waals surface area contributed by atoms with Crippen molar-refractivity contribution in [3.8, 4) is 0 Å². The highest BCUT2D eigenvalue weighted by molar-refractivity contribution is 6.34. The van der Waals surface area contributed by atoms with Crippen molar-refractivity contribution in [1.82, 2.24) is 9.55 Å². The third-order valence-corrected chi connectivity index (χ3v) is 4.16. The van der Waals surface area contributed by atoms with Crippen LogP contribution < -0.4 is 4.90 Å². The zero-order valence-corrected chi connectivity index (χ0v) is 13.3. The Labute approximate surface area is 143 Å². The van der Waals surface area contributed by atoms with Crippen LogP contribution >= 0.6 is 0 Å². The molecule has 0 unspecified atom stereocenters. The molecule has 0 aliphatic carbocycles. The van der Waals surface area contributed by atoms with Crippen LogP contribution in [-0.2, 0) is 0 Å². The summed E-state index contributed by atoms with van der Waals surface area (Å²) in [7, 11) is 0. The minimum Gasteiger partial charge on any atom is -0.272 e. The molecule has 6 heteroatoms. The summed E-state index contributed by atoms with van der Waals surface area (Å²) in [5.74, 6) is -1.12. The lowest BCUT2D eigenvalue weighted by atomic mass is 10.1. The molecule has 6 nitrogen and oxygen atoms in total.